The Hall–Kier alpha value is -1.36. The van der Waals surface area contributed by atoms with E-state index in [-0.39, 0.29) is 18.5 Å². The van der Waals surface area contributed by atoms with Gasteiger partial charge in [0.25, 0.3) is 0 Å². The summed E-state index contributed by atoms with van der Waals surface area (Å²) in [6.45, 7) is 6.87. The first-order valence-electron chi connectivity index (χ1n) is 7.08. The predicted octanol–water partition coefficient (Wildman–Crippen LogP) is 2.36. The summed E-state index contributed by atoms with van der Waals surface area (Å²) in [5.74, 6) is 1.96. The normalized spacial score (nSPS) is 14.4. The Morgan fingerprint density at radius 1 is 1.50 bits per heavy atom. The van der Waals surface area contributed by atoms with Gasteiger partial charge in [0.1, 0.15) is 16.8 Å². The van der Waals surface area contributed by atoms with Gasteiger partial charge in [-0.25, -0.2) is 9.97 Å². The highest BCUT2D eigenvalue weighted by atomic mass is 35.5. The lowest BCUT2D eigenvalue weighted by Crippen LogP contribution is -2.40. The molecule has 1 aliphatic rings. The molecule has 1 N–H and O–H groups in total. The van der Waals surface area contributed by atoms with E-state index in [2.05, 4.69) is 15.3 Å². The largest absolute Gasteiger partial charge is 0.352 e. The van der Waals surface area contributed by atoms with Gasteiger partial charge in [-0.05, 0) is 33.6 Å². The highest BCUT2D eigenvalue weighted by Gasteiger charge is 2.28. The molecule has 20 heavy (non-hydrogen) atoms. The van der Waals surface area contributed by atoms with E-state index in [4.69, 9.17) is 11.6 Å². The Morgan fingerprint density at radius 3 is 2.75 bits per heavy atom. The molecule has 1 aromatic rings. The summed E-state index contributed by atoms with van der Waals surface area (Å²) in [5.41, 5.74) is 0. The van der Waals surface area contributed by atoms with Crippen molar-refractivity contribution in [1.82, 2.24) is 15.3 Å². The minimum Gasteiger partial charge on any atom is -0.352 e. The van der Waals surface area contributed by atoms with Crippen LogP contribution in [0, 0.1) is 0 Å². The first-order valence-corrected chi connectivity index (χ1v) is 7.46. The number of halogens is 1. The molecule has 0 bridgehead atoms. The van der Waals surface area contributed by atoms with E-state index >= 15 is 0 Å². The zero-order chi connectivity index (χ0) is 14.7. The highest BCUT2D eigenvalue weighted by Crippen LogP contribution is 2.39. The molecule has 5 nitrogen and oxygen atoms in total. The Balaban J connectivity index is 2.12. The minimum atomic E-state index is -0.00967. The number of carbonyl (C=O) groups is 1. The second-order valence-electron chi connectivity index (χ2n) is 5.42. The molecule has 110 valence electrons. The van der Waals surface area contributed by atoms with Gasteiger partial charge in [0.2, 0.25) is 5.91 Å². The van der Waals surface area contributed by atoms with Gasteiger partial charge < -0.3 is 10.2 Å². The molecule has 6 heteroatoms. The number of likely N-dealkylation sites (N-methyl/N-ethyl adjacent to an activating group) is 1. The Bertz CT molecular complexity index is 488. The molecule has 2 rings (SSSR count). The summed E-state index contributed by atoms with van der Waals surface area (Å²) < 4.78 is 0. The summed E-state index contributed by atoms with van der Waals surface area (Å²) >= 11 is 6.07. The smallest absolute Gasteiger partial charge is 0.239 e. The third kappa shape index (κ3) is 4.07. The van der Waals surface area contributed by atoms with Crippen LogP contribution in [0.5, 0.6) is 0 Å². The molecule has 0 radical (unpaired) electrons. The standard InChI is InChI=1S/C14H21ClN4O/c1-4-19(8-13(20)16-9(2)3)12-7-11(15)17-14(18-12)10-5-6-10/h7,9-10H,4-6,8H2,1-3H3,(H,16,20). The Kier molecular flexibility index (Phi) is 4.81. The first-order chi connectivity index (χ1) is 9.49. The van der Waals surface area contributed by atoms with Crippen LogP contribution in [0.3, 0.4) is 0 Å². The molecule has 0 unspecified atom stereocenters. The van der Waals surface area contributed by atoms with Crippen LogP contribution < -0.4 is 10.2 Å². The van der Waals surface area contributed by atoms with Crippen molar-refractivity contribution >= 4 is 23.3 Å². The highest BCUT2D eigenvalue weighted by molar-refractivity contribution is 6.29. The molecule has 0 spiro atoms. The number of hydrogen-bond donors (Lipinski definition) is 1. The topological polar surface area (TPSA) is 58.1 Å². The maximum Gasteiger partial charge on any atom is 0.239 e. The first kappa shape index (κ1) is 15.0. The van der Waals surface area contributed by atoms with Gasteiger partial charge in [-0.15, -0.1) is 0 Å². The molecule has 1 saturated carbocycles. The summed E-state index contributed by atoms with van der Waals surface area (Å²) in [7, 11) is 0. The van der Waals surface area contributed by atoms with Gasteiger partial charge in [0, 0.05) is 24.6 Å². The van der Waals surface area contributed by atoms with E-state index in [1.165, 1.54) is 0 Å². The molecule has 0 aliphatic heterocycles. The number of hydrogen-bond acceptors (Lipinski definition) is 4. The number of anilines is 1. The van der Waals surface area contributed by atoms with Crippen molar-refractivity contribution in [2.24, 2.45) is 0 Å². The number of amides is 1. The molecular weight excluding hydrogens is 276 g/mol. The van der Waals surface area contributed by atoms with Gasteiger partial charge in [-0.2, -0.15) is 0 Å². The molecule has 1 fully saturated rings. The molecule has 0 aromatic carbocycles. The lowest BCUT2D eigenvalue weighted by molar-refractivity contribution is -0.120. The van der Waals surface area contributed by atoms with Crippen LogP contribution in [0.1, 0.15) is 45.4 Å². The average Bonchev–Trinajstić information content (AvgIpc) is 3.18. The van der Waals surface area contributed by atoms with E-state index in [1.807, 2.05) is 25.7 Å². The van der Waals surface area contributed by atoms with Crippen LogP contribution in [0.25, 0.3) is 0 Å². The maximum absolute atomic E-state index is 11.9. The van der Waals surface area contributed by atoms with Crippen LogP contribution in [-0.2, 0) is 4.79 Å². The summed E-state index contributed by atoms with van der Waals surface area (Å²) in [6.07, 6.45) is 2.25. The van der Waals surface area contributed by atoms with Crippen molar-refractivity contribution in [3.8, 4) is 0 Å². The fourth-order valence-corrected chi connectivity index (χ4v) is 2.19. The second-order valence-corrected chi connectivity index (χ2v) is 5.80. The summed E-state index contributed by atoms with van der Waals surface area (Å²) in [6, 6.07) is 1.86. The van der Waals surface area contributed by atoms with Crippen molar-refractivity contribution in [2.75, 3.05) is 18.0 Å². The quantitative estimate of drug-likeness (QED) is 0.819. The van der Waals surface area contributed by atoms with Crippen LogP contribution in [0.2, 0.25) is 5.15 Å². The van der Waals surface area contributed by atoms with Crippen LogP contribution in [0.4, 0.5) is 5.82 Å². The van der Waals surface area contributed by atoms with E-state index in [0.29, 0.717) is 17.6 Å². The number of nitrogens with one attached hydrogen (secondary N) is 1. The maximum atomic E-state index is 11.9. The van der Waals surface area contributed by atoms with E-state index in [9.17, 15) is 4.79 Å². The SMILES string of the molecule is CCN(CC(=O)NC(C)C)c1cc(Cl)nc(C2CC2)n1. The lowest BCUT2D eigenvalue weighted by Gasteiger charge is -2.22. The van der Waals surface area contributed by atoms with Gasteiger partial charge >= 0.3 is 0 Å². The Labute approximate surface area is 124 Å². The number of rotatable bonds is 6. The van der Waals surface area contributed by atoms with E-state index < -0.39 is 0 Å². The van der Waals surface area contributed by atoms with Gasteiger partial charge in [0.15, 0.2) is 0 Å². The predicted molar refractivity (Wildman–Crippen MR) is 80.2 cm³/mol. The zero-order valence-corrected chi connectivity index (χ0v) is 12.9. The molecule has 0 saturated heterocycles. The molecule has 1 heterocycles. The lowest BCUT2D eigenvalue weighted by atomic mass is 10.3. The Morgan fingerprint density at radius 2 is 2.20 bits per heavy atom. The molecule has 1 aromatic heterocycles. The fourth-order valence-electron chi connectivity index (χ4n) is 2.00. The van der Waals surface area contributed by atoms with Crippen LogP contribution in [-0.4, -0.2) is 35.0 Å². The number of nitrogens with zero attached hydrogens (tertiary/aromatic N) is 3. The van der Waals surface area contributed by atoms with Crippen molar-refractivity contribution in [1.29, 1.82) is 0 Å². The van der Waals surface area contributed by atoms with Crippen molar-refractivity contribution in [3.63, 3.8) is 0 Å². The molecular formula is C14H21ClN4O. The summed E-state index contributed by atoms with van der Waals surface area (Å²) in [4.78, 5) is 22.6. The number of carbonyl (C=O) groups excluding carboxylic acids is 1. The number of aromatic nitrogens is 2. The van der Waals surface area contributed by atoms with Gasteiger partial charge in [-0.1, -0.05) is 11.6 Å². The second kappa shape index (κ2) is 6.39. The third-order valence-electron chi connectivity index (χ3n) is 3.13. The van der Waals surface area contributed by atoms with Gasteiger partial charge in [0.05, 0.1) is 6.54 Å². The van der Waals surface area contributed by atoms with E-state index in [0.717, 1.165) is 24.5 Å². The van der Waals surface area contributed by atoms with Crippen LogP contribution >= 0.6 is 11.6 Å². The zero-order valence-electron chi connectivity index (χ0n) is 12.2. The fraction of sp³-hybridized carbons (Fsp3) is 0.643. The molecule has 1 aliphatic carbocycles. The molecule has 1 amide bonds. The van der Waals surface area contributed by atoms with Crippen molar-refractivity contribution in [3.05, 3.63) is 17.0 Å². The van der Waals surface area contributed by atoms with Crippen molar-refractivity contribution in [2.45, 2.75) is 45.6 Å². The molecule has 0 atom stereocenters. The average molecular weight is 297 g/mol. The minimum absolute atomic E-state index is 0.00967. The monoisotopic (exact) mass is 296 g/mol. The van der Waals surface area contributed by atoms with Gasteiger partial charge in [-0.3, -0.25) is 4.79 Å². The van der Waals surface area contributed by atoms with E-state index in [1.54, 1.807) is 6.07 Å². The summed E-state index contributed by atoms with van der Waals surface area (Å²) in [5, 5.41) is 3.33. The van der Waals surface area contributed by atoms with Crippen LogP contribution in [0.15, 0.2) is 6.07 Å². The van der Waals surface area contributed by atoms with Crippen molar-refractivity contribution < 1.29 is 4.79 Å². The third-order valence-corrected chi connectivity index (χ3v) is 3.32.